The summed E-state index contributed by atoms with van der Waals surface area (Å²) in [4.78, 5) is 12.2. The summed E-state index contributed by atoms with van der Waals surface area (Å²) in [5, 5.41) is 7.39. The Balaban J connectivity index is 1.79. The molecule has 0 radical (unpaired) electrons. The van der Waals surface area contributed by atoms with Crippen molar-refractivity contribution in [1.82, 2.24) is 9.78 Å². The van der Waals surface area contributed by atoms with Gasteiger partial charge in [0.2, 0.25) is 5.91 Å². The Morgan fingerprint density at radius 2 is 2.00 bits per heavy atom. The first-order valence-corrected chi connectivity index (χ1v) is 10.0. The van der Waals surface area contributed by atoms with Crippen molar-refractivity contribution in [2.24, 2.45) is 0 Å². The highest BCUT2D eigenvalue weighted by atomic mass is 32.2. The minimum absolute atomic E-state index is 0.0393. The molecule has 0 bridgehead atoms. The number of fused-ring (bicyclic) bond motifs is 1. The summed E-state index contributed by atoms with van der Waals surface area (Å²) in [6.45, 7) is 1.85. The van der Waals surface area contributed by atoms with Gasteiger partial charge in [-0.3, -0.25) is 4.79 Å². The van der Waals surface area contributed by atoms with Crippen LogP contribution in [0.1, 0.15) is 41.6 Å². The number of aromatic nitrogens is 2. The lowest BCUT2D eigenvalue weighted by Crippen LogP contribution is -2.26. The fraction of sp³-hybridized carbons (Fsp3) is 0.412. The second kappa shape index (κ2) is 5.66. The molecule has 3 heterocycles. The number of aryl methyl sites for hydroxylation is 1. The van der Waals surface area contributed by atoms with Gasteiger partial charge >= 0.3 is 0 Å². The van der Waals surface area contributed by atoms with E-state index in [4.69, 9.17) is 0 Å². The number of benzene rings is 1. The summed E-state index contributed by atoms with van der Waals surface area (Å²) in [5.41, 5.74) is 2.49. The zero-order valence-corrected chi connectivity index (χ0v) is 14.5. The molecule has 1 aromatic carbocycles. The van der Waals surface area contributed by atoms with E-state index in [1.807, 2.05) is 6.92 Å². The summed E-state index contributed by atoms with van der Waals surface area (Å²) >= 11 is 0. The number of hydrogen-bond donors (Lipinski definition) is 1. The van der Waals surface area contributed by atoms with Gasteiger partial charge in [0.05, 0.1) is 23.2 Å². The molecule has 25 heavy (non-hydrogen) atoms. The summed E-state index contributed by atoms with van der Waals surface area (Å²) in [7, 11) is -3.06. The van der Waals surface area contributed by atoms with Gasteiger partial charge in [-0.1, -0.05) is 12.1 Å². The fourth-order valence-electron chi connectivity index (χ4n) is 3.78. The maximum absolute atomic E-state index is 13.2. The van der Waals surface area contributed by atoms with Gasteiger partial charge in [0, 0.05) is 17.9 Å². The third kappa shape index (κ3) is 2.84. The van der Waals surface area contributed by atoms with Crippen LogP contribution in [-0.4, -0.2) is 35.6 Å². The minimum Gasteiger partial charge on any atom is -0.311 e. The number of halogens is 1. The molecule has 0 spiro atoms. The van der Waals surface area contributed by atoms with E-state index in [1.54, 1.807) is 16.8 Å². The first-order valence-electron chi connectivity index (χ1n) is 8.19. The van der Waals surface area contributed by atoms with E-state index in [0.29, 0.717) is 12.2 Å². The highest BCUT2D eigenvalue weighted by molar-refractivity contribution is 7.91. The Morgan fingerprint density at radius 1 is 1.28 bits per heavy atom. The first kappa shape index (κ1) is 16.3. The molecule has 1 amide bonds. The molecule has 0 unspecified atom stereocenters. The summed E-state index contributed by atoms with van der Waals surface area (Å²) < 4.78 is 38.5. The number of rotatable bonds is 2. The van der Waals surface area contributed by atoms with E-state index in [1.165, 1.54) is 12.1 Å². The van der Waals surface area contributed by atoms with Crippen LogP contribution in [0.25, 0.3) is 0 Å². The Labute approximate surface area is 145 Å². The predicted molar refractivity (Wildman–Crippen MR) is 90.8 cm³/mol. The molecule has 2 atom stereocenters. The lowest BCUT2D eigenvalue weighted by molar-refractivity contribution is -0.116. The van der Waals surface area contributed by atoms with E-state index >= 15 is 0 Å². The zero-order valence-electron chi connectivity index (χ0n) is 13.7. The van der Waals surface area contributed by atoms with Crippen LogP contribution in [0.3, 0.4) is 0 Å². The van der Waals surface area contributed by atoms with Crippen LogP contribution >= 0.6 is 0 Å². The number of carbonyl (C=O) groups excluding carboxylic acids is 1. The maximum Gasteiger partial charge on any atom is 0.226 e. The van der Waals surface area contributed by atoms with Crippen molar-refractivity contribution in [3.8, 4) is 0 Å². The van der Waals surface area contributed by atoms with E-state index in [9.17, 15) is 17.6 Å². The maximum atomic E-state index is 13.2. The van der Waals surface area contributed by atoms with Crippen LogP contribution in [0.4, 0.5) is 10.2 Å². The molecule has 0 saturated carbocycles. The zero-order chi connectivity index (χ0) is 17.8. The van der Waals surface area contributed by atoms with Crippen LogP contribution in [0, 0.1) is 12.7 Å². The Morgan fingerprint density at radius 3 is 2.64 bits per heavy atom. The highest BCUT2D eigenvalue weighted by Crippen LogP contribution is 2.41. The molecule has 2 aliphatic heterocycles. The van der Waals surface area contributed by atoms with E-state index < -0.39 is 9.84 Å². The van der Waals surface area contributed by atoms with Gasteiger partial charge in [0.1, 0.15) is 11.6 Å². The van der Waals surface area contributed by atoms with E-state index in [-0.39, 0.29) is 41.6 Å². The normalized spacial score (nSPS) is 24.8. The third-order valence-electron chi connectivity index (χ3n) is 4.95. The third-order valence-corrected chi connectivity index (χ3v) is 6.70. The standard InChI is InChI=1S/C17H18FN3O3S/c1-10-16-14(11-2-4-12(18)5-3-11)8-15(22)19-17(16)21(20-10)13-6-7-25(23,24)9-13/h2-5,13-14H,6-9H2,1H3,(H,19,22)/t13-,14+/m1/s1. The van der Waals surface area contributed by atoms with Crippen molar-refractivity contribution < 1.29 is 17.6 Å². The monoisotopic (exact) mass is 363 g/mol. The second-order valence-corrected chi connectivity index (χ2v) is 8.93. The van der Waals surface area contributed by atoms with Crippen molar-refractivity contribution in [3.63, 3.8) is 0 Å². The molecule has 8 heteroatoms. The van der Waals surface area contributed by atoms with Crippen LogP contribution in [0.15, 0.2) is 24.3 Å². The molecule has 1 aromatic heterocycles. The molecular weight excluding hydrogens is 345 g/mol. The van der Waals surface area contributed by atoms with E-state index in [0.717, 1.165) is 16.8 Å². The van der Waals surface area contributed by atoms with Gasteiger partial charge in [-0.2, -0.15) is 5.10 Å². The van der Waals surface area contributed by atoms with Gasteiger partial charge in [-0.25, -0.2) is 17.5 Å². The molecule has 1 fully saturated rings. The average molecular weight is 363 g/mol. The predicted octanol–water partition coefficient (Wildman–Crippen LogP) is 2.16. The van der Waals surface area contributed by atoms with Crippen LogP contribution in [-0.2, 0) is 14.6 Å². The fourth-order valence-corrected chi connectivity index (χ4v) is 5.48. The summed E-state index contributed by atoms with van der Waals surface area (Å²) in [5.74, 6) is 0.0659. The molecule has 1 N–H and O–H groups in total. The van der Waals surface area contributed by atoms with Crippen molar-refractivity contribution in [2.45, 2.75) is 31.7 Å². The van der Waals surface area contributed by atoms with Gasteiger partial charge in [0.15, 0.2) is 9.84 Å². The van der Waals surface area contributed by atoms with Crippen LogP contribution in [0.5, 0.6) is 0 Å². The number of sulfone groups is 1. The van der Waals surface area contributed by atoms with Gasteiger partial charge in [-0.05, 0) is 31.0 Å². The molecule has 6 nitrogen and oxygen atoms in total. The number of amides is 1. The molecular formula is C17H18FN3O3S. The molecule has 2 aliphatic rings. The van der Waals surface area contributed by atoms with Crippen molar-refractivity contribution >= 4 is 21.6 Å². The number of hydrogen-bond acceptors (Lipinski definition) is 4. The van der Waals surface area contributed by atoms with Crippen LogP contribution in [0.2, 0.25) is 0 Å². The number of anilines is 1. The average Bonchev–Trinajstić information content (AvgIpc) is 3.07. The second-order valence-electron chi connectivity index (χ2n) is 6.71. The van der Waals surface area contributed by atoms with E-state index in [2.05, 4.69) is 10.4 Å². The summed E-state index contributed by atoms with van der Waals surface area (Å²) in [6, 6.07) is 5.85. The Bertz CT molecular complexity index is 950. The van der Waals surface area contributed by atoms with Gasteiger partial charge < -0.3 is 5.32 Å². The summed E-state index contributed by atoms with van der Waals surface area (Å²) in [6.07, 6.45) is 0.751. The Hall–Kier alpha value is -2.22. The largest absolute Gasteiger partial charge is 0.311 e. The van der Waals surface area contributed by atoms with Crippen molar-refractivity contribution in [2.75, 3.05) is 16.8 Å². The lowest BCUT2D eigenvalue weighted by atomic mass is 9.86. The molecule has 0 aliphatic carbocycles. The molecule has 2 aromatic rings. The number of nitrogens with zero attached hydrogens (tertiary/aromatic N) is 2. The SMILES string of the molecule is Cc1nn([C@@H]2CCS(=O)(=O)C2)c2c1[C@H](c1ccc(F)cc1)CC(=O)N2. The van der Waals surface area contributed by atoms with Gasteiger partial charge in [-0.15, -0.1) is 0 Å². The molecule has 4 rings (SSSR count). The Kier molecular flexibility index (Phi) is 3.68. The highest BCUT2D eigenvalue weighted by Gasteiger charge is 2.37. The smallest absolute Gasteiger partial charge is 0.226 e. The number of nitrogens with one attached hydrogen (secondary N) is 1. The minimum atomic E-state index is -3.06. The first-order chi connectivity index (χ1) is 11.8. The number of carbonyl (C=O) groups is 1. The molecule has 1 saturated heterocycles. The van der Waals surface area contributed by atoms with Crippen molar-refractivity contribution in [3.05, 3.63) is 46.9 Å². The topological polar surface area (TPSA) is 81.1 Å². The quantitative estimate of drug-likeness (QED) is 0.887. The van der Waals surface area contributed by atoms with Gasteiger partial charge in [0.25, 0.3) is 0 Å². The molecule has 132 valence electrons. The van der Waals surface area contributed by atoms with Crippen LogP contribution < -0.4 is 5.32 Å². The van der Waals surface area contributed by atoms with Crippen molar-refractivity contribution in [1.29, 1.82) is 0 Å². The lowest BCUT2D eigenvalue weighted by Gasteiger charge is -2.25.